The van der Waals surface area contributed by atoms with Crippen molar-refractivity contribution in [3.8, 4) is 11.5 Å². The van der Waals surface area contributed by atoms with Gasteiger partial charge in [-0.25, -0.2) is 4.57 Å². The minimum absolute atomic E-state index is 0. The lowest BCUT2D eigenvalue weighted by Gasteiger charge is -2.23. The zero-order valence-corrected chi connectivity index (χ0v) is 30.7. The maximum Gasteiger partial charge on any atom is 0.258 e. The molecule has 0 fully saturated rings. The van der Waals surface area contributed by atoms with Crippen molar-refractivity contribution >= 4 is 17.5 Å². The standard InChI is InChI=1S/C38H54ClN2O3.HI/c1-4-6-7-8-9-10-11-12-13-14-15-20-28-44-37-25-24-32(29-35(37)39)30-41(31-33-21-18-19-27-40(33)26-5-2)38(42)34-22-16-17-23-36(34)43-3;/h16-19,21-25,27,29H,4-15,20,26,28,30-31H2,1-3H3;1H/q+1;/p-1. The molecule has 45 heavy (non-hydrogen) atoms. The Bertz CT molecular complexity index is 1260. The fraction of sp³-hybridized carbons (Fsp3) is 0.526. The van der Waals surface area contributed by atoms with E-state index in [2.05, 4.69) is 30.7 Å². The van der Waals surface area contributed by atoms with Crippen LogP contribution in [0.15, 0.2) is 66.9 Å². The molecule has 0 spiro atoms. The van der Waals surface area contributed by atoms with E-state index in [0.29, 0.717) is 41.8 Å². The summed E-state index contributed by atoms with van der Waals surface area (Å²) in [5.41, 5.74) is 2.57. The Morgan fingerprint density at radius 2 is 1.40 bits per heavy atom. The molecule has 0 radical (unpaired) electrons. The van der Waals surface area contributed by atoms with Gasteiger partial charge in [-0.15, -0.1) is 0 Å². The molecule has 2 aromatic carbocycles. The number of hydrogen-bond donors (Lipinski definition) is 0. The van der Waals surface area contributed by atoms with Gasteiger partial charge in [0.25, 0.3) is 5.91 Å². The van der Waals surface area contributed by atoms with Crippen molar-refractivity contribution in [3.05, 3.63) is 88.7 Å². The summed E-state index contributed by atoms with van der Waals surface area (Å²) in [6.45, 7) is 6.87. The van der Waals surface area contributed by atoms with Gasteiger partial charge in [-0.1, -0.05) is 120 Å². The van der Waals surface area contributed by atoms with E-state index < -0.39 is 0 Å². The van der Waals surface area contributed by atoms with Crippen LogP contribution in [0.25, 0.3) is 0 Å². The fourth-order valence-electron chi connectivity index (χ4n) is 5.61. The van der Waals surface area contributed by atoms with Crippen LogP contribution in [-0.4, -0.2) is 24.5 Å². The van der Waals surface area contributed by atoms with Gasteiger partial charge in [0.15, 0.2) is 6.20 Å². The van der Waals surface area contributed by atoms with Crippen LogP contribution in [0.4, 0.5) is 0 Å². The smallest absolute Gasteiger partial charge is 0.258 e. The van der Waals surface area contributed by atoms with Crippen LogP contribution in [-0.2, 0) is 19.6 Å². The topological polar surface area (TPSA) is 42.7 Å². The lowest BCUT2D eigenvalue weighted by molar-refractivity contribution is -0.705. The number of pyridine rings is 1. The first-order valence-corrected chi connectivity index (χ1v) is 17.3. The number of unbranched alkanes of at least 4 members (excludes halogenated alkanes) is 11. The van der Waals surface area contributed by atoms with Crippen molar-refractivity contribution in [1.29, 1.82) is 0 Å². The predicted molar refractivity (Wildman–Crippen MR) is 182 cm³/mol. The van der Waals surface area contributed by atoms with Crippen molar-refractivity contribution in [1.82, 2.24) is 4.90 Å². The number of hydrogen-bond acceptors (Lipinski definition) is 3. The fourth-order valence-corrected chi connectivity index (χ4v) is 5.86. The highest BCUT2D eigenvalue weighted by Gasteiger charge is 2.23. The van der Waals surface area contributed by atoms with Gasteiger partial charge in [-0.05, 0) is 36.2 Å². The van der Waals surface area contributed by atoms with Gasteiger partial charge < -0.3 is 38.4 Å². The Hall–Kier alpha value is -2.32. The summed E-state index contributed by atoms with van der Waals surface area (Å²) in [4.78, 5) is 15.7. The highest BCUT2D eigenvalue weighted by Crippen LogP contribution is 2.28. The number of carbonyl (C=O) groups is 1. The molecular weight excluding hydrogens is 695 g/mol. The molecule has 0 N–H and O–H groups in total. The highest BCUT2D eigenvalue weighted by molar-refractivity contribution is 6.32. The number of aryl methyl sites for hydroxylation is 1. The van der Waals surface area contributed by atoms with Crippen molar-refractivity contribution in [2.45, 2.75) is 117 Å². The number of benzene rings is 2. The number of para-hydroxylation sites is 1. The van der Waals surface area contributed by atoms with E-state index in [1.54, 1.807) is 7.11 Å². The second-order valence-corrected chi connectivity index (χ2v) is 12.2. The van der Waals surface area contributed by atoms with Crippen LogP contribution >= 0.6 is 11.6 Å². The SMILES string of the molecule is CCCCCCCCCCCCCCOc1ccc(CN(Cc2cccc[n+]2CCC)C(=O)c2ccccc2OC)cc1Cl.[I-]. The first-order chi connectivity index (χ1) is 21.6. The third-order valence-corrected chi connectivity index (χ3v) is 8.40. The molecule has 7 heteroatoms. The molecule has 3 aromatic rings. The summed E-state index contributed by atoms with van der Waals surface area (Å²) < 4.78 is 13.8. The monoisotopic (exact) mass is 748 g/mol. The van der Waals surface area contributed by atoms with E-state index in [1.165, 1.54) is 70.6 Å². The maximum atomic E-state index is 13.9. The summed E-state index contributed by atoms with van der Waals surface area (Å²) in [7, 11) is 1.60. The number of halogens is 2. The van der Waals surface area contributed by atoms with Gasteiger partial charge in [-0.2, -0.15) is 0 Å². The summed E-state index contributed by atoms with van der Waals surface area (Å²) >= 11 is 6.68. The Labute approximate surface area is 294 Å². The first kappa shape index (κ1) is 38.9. The molecule has 5 nitrogen and oxygen atoms in total. The molecule has 0 bridgehead atoms. The number of nitrogens with zero attached hydrogens (tertiary/aromatic N) is 2. The molecule has 1 heterocycles. The second-order valence-electron chi connectivity index (χ2n) is 11.7. The number of rotatable bonds is 22. The Balaban J connectivity index is 0.00000705. The third kappa shape index (κ3) is 13.9. The Kier molecular flexibility index (Phi) is 19.9. The summed E-state index contributed by atoms with van der Waals surface area (Å²) in [6.07, 6.45) is 18.9. The van der Waals surface area contributed by atoms with E-state index in [9.17, 15) is 4.79 Å². The van der Waals surface area contributed by atoms with E-state index in [1.807, 2.05) is 59.5 Å². The largest absolute Gasteiger partial charge is 1.00 e. The molecule has 0 saturated heterocycles. The number of carbonyl (C=O) groups excluding carboxylic acids is 1. The third-order valence-electron chi connectivity index (χ3n) is 8.10. The average molecular weight is 749 g/mol. The average Bonchev–Trinajstić information content (AvgIpc) is 3.04. The molecule has 3 rings (SSSR count). The number of amides is 1. The predicted octanol–water partition coefficient (Wildman–Crippen LogP) is 6.97. The number of ether oxygens (including phenoxy) is 2. The maximum absolute atomic E-state index is 13.9. The van der Waals surface area contributed by atoms with E-state index in [0.717, 1.165) is 30.6 Å². The van der Waals surface area contributed by atoms with Gasteiger partial charge in [-0.3, -0.25) is 4.79 Å². The molecule has 0 aliphatic heterocycles. The van der Waals surface area contributed by atoms with Crippen molar-refractivity contribution in [2.75, 3.05) is 13.7 Å². The van der Waals surface area contributed by atoms with Crippen LogP contribution in [0.5, 0.6) is 11.5 Å². The summed E-state index contributed by atoms with van der Waals surface area (Å²) in [6, 6.07) is 19.4. The van der Waals surface area contributed by atoms with Crippen LogP contribution in [0, 0.1) is 0 Å². The molecule has 0 aliphatic carbocycles. The second kappa shape index (κ2) is 23.1. The lowest BCUT2D eigenvalue weighted by atomic mass is 10.1. The Morgan fingerprint density at radius 1 is 0.756 bits per heavy atom. The molecular formula is C38H54ClIN2O3. The van der Waals surface area contributed by atoms with E-state index in [-0.39, 0.29) is 29.9 Å². The molecule has 0 saturated carbocycles. The number of aromatic nitrogens is 1. The molecule has 0 unspecified atom stereocenters. The zero-order valence-electron chi connectivity index (χ0n) is 27.7. The van der Waals surface area contributed by atoms with E-state index >= 15 is 0 Å². The van der Waals surface area contributed by atoms with Gasteiger partial charge in [0, 0.05) is 25.1 Å². The van der Waals surface area contributed by atoms with Gasteiger partial charge in [0.2, 0.25) is 5.69 Å². The van der Waals surface area contributed by atoms with Crippen LogP contribution in [0.3, 0.4) is 0 Å². The van der Waals surface area contributed by atoms with Crippen molar-refractivity contribution in [3.63, 3.8) is 0 Å². The van der Waals surface area contributed by atoms with E-state index in [4.69, 9.17) is 21.1 Å². The summed E-state index contributed by atoms with van der Waals surface area (Å²) in [5, 5.41) is 0.576. The normalized spacial score (nSPS) is 10.8. The van der Waals surface area contributed by atoms with Crippen LogP contribution in [0.1, 0.15) is 119 Å². The minimum Gasteiger partial charge on any atom is -1.00 e. The number of methoxy groups -OCH3 is 1. The van der Waals surface area contributed by atoms with Crippen molar-refractivity contribution in [2.24, 2.45) is 0 Å². The molecule has 0 atom stereocenters. The van der Waals surface area contributed by atoms with Crippen LogP contribution < -0.4 is 38.0 Å². The van der Waals surface area contributed by atoms with Gasteiger partial charge >= 0.3 is 0 Å². The summed E-state index contributed by atoms with van der Waals surface area (Å²) in [5.74, 6) is 1.18. The lowest BCUT2D eigenvalue weighted by Crippen LogP contribution is -3.00. The molecule has 0 aliphatic rings. The van der Waals surface area contributed by atoms with Crippen molar-refractivity contribution < 1.29 is 42.8 Å². The van der Waals surface area contributed by atoms with Crippen LogP contribution in [0.2, 0.25) is 5.02 Å². The zero-order chi connectivity index (χ0) is 31.4. The Morgan fingerprint density at radius 3 is 2.04 bits per heavy atom. The molecule has 1 aromatic heterocycles. The quantitative estimate of drug-likeness (QED) is 0.0634. The molecule has 248 valence electrons. The minimum atomic E-state index is -0.0854. The molecule has 1 amide bonds. The highest BCUT2D eigenvalue weighted by atomic mass is 127. The first-order valence-electron chi connectivity index (χ1n) is 16.9. The van der Waals surface area contributed by atoms with Gasteiger partial charge in [0.05, 0.1) is 24.3 Å². The van der Waals surface area contributed by atoms with Gasteiger partial charge in [0.1, 0.15) is 24.6 Å².